The summed E-state index contributed by atoms with van der Waals surface area (Å²) in [6, 6.07) is 0. The second kappa shape index (κ2) is 120. The number of carboxylic acid groups (broad SMARTS) is 6. The van der Waals surface area contributed by atoms with E-state index in [-0.39, 0.29) is 0 Å². The Morgan fingerprint density at radius 1 is 0.144 bits per heavy atom. The Balaban J connectivity index is -0.000000320. The number of unbranched alkanes of at least 4 members (excludes halogenated alkanes) is 55. The molecule has 0 aromatic rings. The van der Waals surface area contributed by atoms with Gasteiger partial charge in [0.15, 0.2) is 0 Å². The molecule has 0 fully saturated rings. The lowest BCUT2D eigenvalue weighted by Gasteiger charge is -2.01. The zero-order valence-electron chi connectivity index (χ0n) is 78.3. The van der Waals surface area contributed by atoms with Crippen LogP contribution in [0.5, 0.6) is 0 Å². The zero-order valence-corrected chi connectivity index (χ0v) is 78.3. The Morgan fingerprint density at radius 3 is 0.441 bits per heavy atom. The number of carbonyl (C=O) groups is 6. The zero-order chi connectivity index (χ0) is 87.9. The number of aliphatic carboxylic acids is 6. The first-order chi connectivity index (χ1) is 57.6. The normalized spacial score (nSPS) is 11.4. The molecule has 0 unspecified atom stereocenters. The summed E-state index contributed by atoms with van der Waals surface area (Å²) < 4.78 is 0. The van der Waals surface area contributed by atoms with Gasteiger partial charge in [-0.15, -0.1) is 0 Å². The van der Waals surface area contributed by atoms with Crippen LogP contribution in [0.25, 0.3) is 0 Å². The average molecular weight is 1660 g/mol. The third-order valence-corrected chi connectivity index (χ3v) is 20.5. The lowest BCUT2D eigenvalue weighted by molar-refractivity contribution is -0.138. The van der Waals surface area contributed by atoms with E-state index in [1.807, 2.05) is 0 Å². The Labute approximate surface area is 730 Å². The topological polar surface area (TPSA) is 224 Å². The van der Waals surface area contributed by atoms with E-state index in [4.69, 9.17) is 30.6 Å². The van der Waals surface area contributed by atoms with Crippen LogP contribution in [0.4, 0.5) is 0 Å². The molecular formula is C106H194O12. The molecule has 6 N–H and O–H groups in total. The fourth-order valence-corrected chi connectivity index (χ4v) is 13.0. The van der Waals surface area contributed by atoms with Crippen LogP contribution in [0.2, 0.25) is 0 Å². The third-order valence-electron chi connectivity index (χ3n) is 20.5. The molecular weight excluding hydrogens is 1470 g/mol. The molecule has 0 aliphatic heterocycles. The molecule has 0 saturated carbocycles. The van der Waals surface area contributed by atoms with E-state index < -0.39 is 35.8 Å². The molecule has 0 spiro atoms. The van der Waals surface area contributed by atoms with Crippen molar-refractivity contribution in [1.82, 2.24) is 0 Å². The van der Waals surface area contributed by atoms with Crippen molar-refractivity contribution >= 4 is 35.8 Å². The molecule has 0 amide bonds. The van der Waals surface area contributed by atoms with Crippen LogP contribution < -0.4 is 0 Å². The van der Waals surface area contributed by atoms with Crippen molar-refractivity contribution in [2.75, 3.05) is 0 Å². The third kappa shape index (κ3) is 148. The fraction of sp³-hybridized carbons (Fsp3) is 0.774. The fourth-order valence-electron chi connectivity index (χ4n) is 13.0. The second-order valence-corrected chi connectivity index (χ2v) is 32.6. The van der Waals surface area contributed by atoms with Crippen molar-refractivity contribution in [3.63, 3.8) is 0 Å². The summed E-state index contributed by atoms with van der Waals surface area (Å²) in [5, 5.41) is 51.0. The Morgan fingerprint density at radius 2 is 0.263 bits per heavy atom. The lowest BCUT2D eigenvalue weighted by Crippen LogP contribution is -1.93. The van der Waals surface area contributed by atoms with Crippen molar-refractivity contribution < 1.29 is 59.4 Å². The summed E-state index contributed by atoms with van der Waals surface area (Å²) >= 11 is 0. The monoisotopic (exact) mass is 1660 g/mol. The molecule has 0 aliphatic rings. The van der Waals surface area contributed by atoms with Crippen LogP contribution >= 0.6 is 0 Å². The van der Waals surface area contributed by atoms with E-state index in [1.54, 1.807) is 0 Å². The molecule has 0 saturated heterocycles. The number of hydrogen-bond acceptors (Lipinski definition) is 6. The molecule has 0 atom stereocenters. The van der Waals surface area contributed by atoms with Crippen molar-refractivity contribution in [3.8, 4) is 0 Å². The van der Waals surface area contributed by atoms with Gasteiger partial charge < -0.3 is 30.6 Å². The highest BCUT2D eigenvalue weighted by Crippen LogP contribution is 2.17. The van der Waals surface area contributed by atoms with E-state index in [9.17, 15) is 28.8 Å². The van der Waals surface area contributed by atoms with Gasteiger partial charge in [0.25, 0.3) is 0 Å². The van der Waals surface area contributed by atoms with Gasteiger partial charge in [-0.1, -0.05) is 401 Å². The van der Waals surface area contributed by atoms with Crippen LogP contribution in [-0.2, 0) is 28.8 Å². The molecule has 12 heteroatoms. The average Bonchev–Trinajstić information content (AvgIpc) is 2.14. The number of allylic oxidation sites excluding steroid dienone is 18. The molecule has 690 valence electrons. The van der Waals surface area contributed by atoms with E-state index >= 15 is 0 Å². The first-order valence-electron chi connectivity index (χ1n) is 49.8. The largest absolute Gasteiger partial charge is 0.481 e. The summed E-state index contributed by atoms with van der Waals surface area (Å²) in [6.45, 7) is 13.4. The van der Waals surface area contributed by atoms with Gasteiger partial charge in [0.05, 0.1) is 0 Å². The van der Waals surface area contributed by atoms with Gasteiger partial charge in [0.1, 0.15) is 0 Å². The number of carboxylic acids is 6. The number of rotatable bonds is 85. The first-order valence-corrected chi connectivity index (χ1v) is 49.8. The highest BCUT2D eigenvalue weighted by Gasteiger charge is 2.03. The maximum Gasteiger partial charge on any atom is 0.303 e. The van der Waals surface area contributed by atoms with Gasteiger partial charge in [-0.05, 0) is 199 Å². The van der Waals surface area contributed by atoms with Crippen molar-refractivity contribution in [3.05, 3.63) is 109 Å². The minimum atomic E-state index is -0.675. The standard InChI is InChI=1S/C22H42O2.C18H34O2.C18H32O2.C18H30O2.C16H30O2.C14H26O2/c1-2-3-4-5-6-7-8-9-10-11-12-13-14-15-16-17-18-19-20-21-22(23)24;3*1-2-3-4-5-6-7-8-9-10-11-12-13-14-15-16-17-18(19)20;1-2-3-4-5-6-7-8-9-10-11-12-13-14-15-16(17)18;1-2-3-4-5-6-7-8-9-10-11-12-13-14(15)16/h9-10H,2-8,11-21H2,1H3,(H,23,24);9-10H,2-8,11-17H2,1H3,(H,19,20);6-7,9-10H,2-5,8,11-17H2,1H3,(H,19,20);3-4,6-7,9-10H,2,5,8,11-17H2,1H3,(H,19,20);7-8H,2-6,9-15H2,1H3,(H,17,18);5-6H,2-4,7-13H2,1H3,(H,15,16)/b2*10-9-;7-6-,10-9-;4-3-,7-6-,10-9-;8-7-;6-5-. The first kappa shape index (κ1) is 123. The number of hydrogen-bond donors (Lipinski definition) is 6. The van der Waals surface area contributed by atoms with Gasteiger partial charge in [-0.2, -0.15) is 0 Å². The van der Waals surface area contributed by atoms with Crippen LogP contribution in [0, 0.1) is 0 Å². The van der Waals surface area contributed by atoms with Crippen molar-refractivity contribution in [2.24, 2.45) is 0 Å². The van der Waals surface area contributed by atoms with E-state index in [0.29, 0.717) is 38.5 Å². The van der Waals surface area contributed by atoms with Gasteiger partial charge in [0.2, 0.25) is 0 Å². The van der Waals surface area contributed by atoms with Crippen LogP contribution in [0.1, 0.15) is 530 Å². The maximum absolute atomic E-state index is 10.4. The van der Waals surface area contributed by atoms with E-state index in [0.717, 1.165) is 122 Å². The summed E-state index contributed by atoms with van der Waals surface area (Å²) in [5.41, 5.74) is 0. The van der Waals surface area contributed by atoms with Crippen LogP contribution in [-0.4, -0.2) is 66.5 Å². The van der Waals surface area contributed by atoms with E-state index in [1.165, 1.54) is 327 Å². The minimum absolute atomic E-state index is 0.319. The Hall–Kier alpha value is -5.52. The van der Waals surface area contributed by atoms with E-state index in [2.05, 4.69) is 151 Å². The van der Waals surface area contributed by atoms with Gasteiger partial charge in [0, 0.05) is 38.5 Å². The molecule has 0 heterocycles. The summed E-state index contributed by atoms with van der Waals surface area (Å²) in [7, 11) is 0. The van der Waals surface area contributed by atoms with Crippen molar-refractivity contribution in [1.29, 1.82) is 0 Å². The van der Waals surface area contributed by atoms with Crippen LogP contribution in [0.15, 0.2) is 109 Å². The molecule has 12 nitrogen and oxygen atoms in total. The summed E-state index contributed by atoms with van der Waals surface area (Å²) in [4.78, 5) is 61.9. The molecule has 0 aromatic heterocycles. The van der Waals surface area contributed by atoms with Crippen molar-refractivity contribution in [2.45, 2.75) is 530 Å². The van der Waals surface area contributed by atoms with Gasteiger partial charge in [-0.3, -0.25) is 28.8 Å². The molecule has 118 heavy (non-hydrogen) atoms. The second-order valence-electron chi connectivity index (χ2n) is 32.6. The summed E-state index contributed by atoms with van der Waals surface area (Å²) in [5.74, 6) is -4.00. The molecule has 0 radical (unpaired) electrons. The minimum Gasteiger partial charge on any atom is -0.481 e. The SMILES string of the molecule is CC/C=C\C/C=C\C/C=C\CCCCCCCC(=O)O.CCCC/C=C\CCCCCCCC(=O)O.CCCCC/C=C\C/C=C\CCCCCCCC(=O)O.CCCCCC/C=C\CCCCCCCC(=O)O.CCCCCCCC/C=C\CCCCCCCC(=O)O.CCCCCCCC/C=C\CCCCCCCCCCCC(=O)O. The molecule has 0 bridgehead atoms. The quantitative estimate of drug-likeness (QED) is 0.0247. The highest BCUT2D eigenvalue weighted by molar-refractivity contribution is 5.68. The Kier molecular flexibility index (Phi) is 125. The smallest absolute Gasteiger partial charge is 0.303 e. The molecule has 0 aromatic carbocycles. The predicted octanol–water partition coefficient (Wildman–Crippen LogP) is 35.2. The van der Waals surface area contributed by atoms with Gasteiger partial charge >= 0.3 is 35.8 Å². The summed E-state index contributed by atoms with van der Waals surface area (Å²) in [6.07, 6.45) is 128. The maximum atomic E-state index is 10.4. The highest BCUT2D eigenvalue weighted by atomic mass is 16.4. The molecule has 0 aliphatic carbocycles. The van der Waals surface area contributed by atoms with Crippen LogP contribution in [0.3, 0.4) is 0 Å². The van der Waals surface area contributed by atoms with Gasteiger partial charge in [-0.25, -0.2) is 0 Å². The predicted molar refractivity (Wildman–Crippen MR) is 513 cm³/mol. The lowest BCUT2D eigenvalue weighted by atomic mass is 10.1. The molecule has 0 rings (SSSR count). The Bertz CT molecular complexity index is 2290.